The van der Waals surface area contributed by atoms with E-state index in [1.807, 2.05) is 17.6 Å². The first-order valence-corrected chi connectivity index (χ1v) is 7.10. The van der Waals surface area contributed by atoms with Crippen LogP contribution < -0.4 is 5.73 Å². The Bertz CT molecular complexity index is 453. The summed E-state index contributed by atoms with van der Waals surface area (Å²) >= 11 is 5.00. The highest BCUT2D eigenvalue weighted by molar-refractivity contribution is 6.17. The molecule has 108 valence electrons. The average molecular weight is 287 g/mol. The van der Waals surface area contributed by atoms with Crippen LogP contribution in [0.25, 0.3) is 0 Å². The third kappa shape index (κ3) is 3.74. The number of fused-ring (bicyclic) bond motifs is 1. The molecule has 0 saturated carbocycles. The molecule has 0 saturated heterocycles. The molecule has 19 heavy (non-hydrogen) atoms. The van der Waals surface area contributed by atoms with Crippen LogP contribution in [0.15, 0.2) is 6.07 Å². The molecule has 0 unspecified atom stereocenters. The molecule has 2 rings (SSSR count). The van der Waals surface area contributed by atoms with E-state index in [9.17, 15) is 4.79 Å². The number of nitrogens with zero attached hydrogens (tertiary/aromatic N) is 1. The highest BCUT2D eigenvalue weighted by atomic mass is 35.5. The van der Waals surface area contributed by atoms with Crippen molar-refractivity contribution >= 4 is 17.6 Å². The summed E-state index contributed by atoms with van der Waals surface area (Å²) in [7, 11) is 0. The van der Waals surface area contributed by atoms with Gasteiger partial charge in [0.25, 0.3) is 0 Å². The van der Waals surface area contributed by atoms with Gasteiger partial charge in [0.05, 0.1) is 0 Å². The minimum Gasteiger partial charge on any atom is -0.477 e. The molecule has 0 radical (unpaired) electrons. The summed E-state index contributed by atoms with van der Waals surface area (Å²) in [4.78, 5) is 11.1. The number of aromatic nitrogens is 1. The van der Waals surface area contributed by atoms with Gasteiger partial charge in [0.1, 0.15) is 5.69 Å². The Morgan fingerprint density at radius 2 is 2.11 bits per heavy atom. The monoisotopic (exact) mass is 286 g/mol. The summed E-state index contributed by atoms with van der Waals surface area (Å²) in [6.07, 6.45) is 1.90. The number of nitrogens with two attached hydrogens (primary N) is 1. The quantitative estimate of drug-likeness (QED) is 0.839. The van der Waals surface area contributed by atoms with Crippen molar-refractivity contribution in [2.24, 2.45) is 11.1 Å². The van der Waals surface area contributed by atoms with Crippen molar-refractivity contribution in [1.82, 2.24) is 4.57 Å². The molecule has 1 aliphatic rings. The van der Waals surface area contributed by atoms with Gasteiger partial charge in [0, 0.05) is 24.7 Å². The fourth-order valence-electron chi connectivity index (χ4n) is 2.60. The largest absolute Gasteiger partial charge is 0.477 e. The van der Waals surface area contributed by atoms with Gasteiger partial charge < -0.3 is 15.4 Å². The third-order valence-corrected chi connectivity index (χ3v) is 3.19. The van der Waals surface area contributed by atoms with E-state index in [1.54, 1.807) is 0 Å². The molecule has 0 aliphatic heterocycles. The van der Waals surface area contributed by atoms with E-state index < -0.39 is 5.97 Å². The van der Waals surface area contributed by atoms with E-state index in [0.717, 1.165) is 24.4 Å². The molecular formula is C14H23ClN2O2. The first kappa shape index (κ1) is 16.1. The molecule has 1 aromatic rings. The minimum atomic E-state index is -0.861. The average Bonchev–Trinajstić information content (AvgIpc) is 2.74. The van der Waals surface area contributed by atoms with Crippen molar-refractivity contribution in [1.29, 1.82) is 0 Å². The SMILES string of the molecule is CC1(C)Cc2cc(C(=O)O)n(CCN)c2C1.CCCl. The summed E-state index contributed by atoms with van der Waals surface area (Å²) in [5, 5.41) is 9.12. The van der Waals surface area contributed by atoms with Crippen molar-refractivity contribution in [2.75, 3.05) is 12.4 Å². The van der Waals surface area contributed by atoms with E-state index in [1.165, 1.54) is 5.56 Å². The lowest BCUT2D eigenvalue weighted by atomic mass is 9.90. The van der Waals surface area contributed by atoms with Gasteiger partial charge in [-0.05, 0) is 29.9 Å². The fourth-order valence-corrected chi connectivity index (χ4v) is 2.60. The molecular weight excluding hydrogens is 264 g/mol. The molecule has 1 heterocycles. The Labute approximate surface area is 119 Å². The molecule has 0 atom stereocenters. The normalized spacial score (nSPS) is 15.6. The number of carbonyl (C=O) groups is 1. The van der Waals surface area contributed by atoms with E-state index >= 15 is 0 Å². The van der Waals surface area contributed by atoms with Crippen LogP contribution in [0.2, 0.25) is 0 Å². The number of hydrogen-bond acceptors (Lipinski definition) is 2. The van der Waals surface area contributed by atoms with Crippen LogP contribution >= 0.6 is 11.6 Å². The highest BCUT2D eigenvalue weighted by Gasteiger charge is 2.33. The van der Waals surface area contributed by atoms with Crippen molar-refractivity contribution in [3.63, 3.8) is 0 Å². The predicted octanol–water partition coefficient (Wildman–Crippen LogP) is 2.51. The molecule has 0 fully saturated rings. The van der Waals surface area contributed by atoms with Crippen LogP contribution in [0.4, 0.5) is 0 Å². The maximum Gasteiger partial charge on any atom is 0.352 e. The first-order chi connectivity index (χ1) is 8.86. The van der Waals surface area contributed by atoms with Crippen LogP contribution in [-0.4, -0.2) is 28.1 Å². The molecule has 0 spiro atoms. The van der Waals surface area contributed by atoms with Gasteiger partial charge in [-0.1, -0.05) is 20.8 Å². The van der Waals surface area contributed by atoms with Crippen LogP contribution in [0.5, 0.6) is 0 Å². The summed E-state index contributed by atoms with van der Waals surface area (Å²) < 4.78 is 1.87. The summed E-state index contributed by atoms with van der Waals surface area (Å²) in [5.41, 5.74) is 8.50. The van der Waals surface area contributed by atoms with E-state index in [2.05, 4.69) is 13.8 Å². The van der Waals surface area contributed by atoms with E-state index in [0.29, 0.717) is 18.8 Å². The van der Waals surface area contributed by atoms with Crippen LogP contribution in [-0.2, 0) is 19.4 Å². The van der Waals surface area contributed by atoms with Crippen molar-refractivity contribution < 1.29 is 9.90 Å². The van der Waals surface area contributed by atoms with Crippen molar-refractivity contribution in [3.8, 4) is 0 Å². The molecule has 0 bridgehead atoms. The number of aromatic carboxylic acids is 1. The Morgan fingerprint density at radius 1 is 1.53 bits per heavy atom. The fraction of sp³-hybridized carbons (Fsp3) is 0.643. The van der Waals surface area contributed by atoms with Gasteiger partial charge in [-0.25, -0.2) is 4.79 Å². The van der Waals surface area contributed by atoms with Crippen LogP contribution in [0.3, 0.4) is 0 Å². The zero-order valence-corrected chi connectivity index (χ0v) is 12.6. The minimum absolute atomic E-state index is 0.248. The lowest BCUT2D eigenvalue weighted by Gasteiger charge is -2.17. The maximum absolute atomic E-state index is 11.1. The Balaban J connectivity index is 0.000000550. The number of rotatable bonds is 3. The van der Waals surface area contributed by atoms with E-state index in [4.69, 9.17) is 22.4 Å². The van der Waals surface area contributed by atoms with Gasteiger partial charge in [0.2, 0.25) is 0 Å². The van der Waals surface area contributed by atoms with Gasteiger partial charge in [-0.2, -0.15) is 0 Å². The molecule has 1 aromatic heterocycles. The Morgan fingerprint density at radius 3 is 2.58 bits per heavy atom. The van der Waals surface area contributed by atoms with Crippen LogP contribution in [0.1, 0.15) is 42.5 Å². The lowest BCUT2D eigenvalue weighted by Crippen LogP contribution is -2.19. The number of alkyl halides is 1. The summed E-state index contributed by atoms with van der Waals surface area (Å²) in [6.45, 7) is 7.37. The highest BCUT2D eigenvalue weighted by Crippen LogP contribution is 2.37. The number of carboxylic acid groups (broad SMARTS) is 1. The Hall–Kier alpha value is -1.00. The zero-order chi connectivity index (χ0) is 14.6. The second-order valence-electron chi connectivity index (χ2n) is 5.53. The second-order valence-corrected chi connectivity index (χ2v) is 6.07. The topological polar surface area (TPSA) is 68.2 Å². The van der Waals surface area contributed by atoms with Crippen LogP contribution in [0, 0.1) is 5.41 Å². The first-order valence-electron chi connectivity index (χ1n) is 6.57. The van der Waals surface area contributed by atoms with Gasteiger partial charge in [0.15, 0.2) is 0 Å². The molecule has 3 N–H and O–H groups in total. The van der Waals surface area contributed by atoms with Gasteiger partial charge in [-0.15, -0.1) is 11.6 Å². The molecule has 4 nitrogen and oxygen atoms in total. The molecule has 5 heteroatoms. The Kier molecular flexibility index (Phi) is 5.44. The predicted molar refractivity (Wildman–Crippen MR) is 78.0 cm³/mol. The number of hydrogen-bond donors (Lipinski definition) is 2. The standard InChI is InChI=1S/C12H18N2O2.C2H5Cl/c1-12(2)6-8-5-9(11(15)16)14(4-3-13)10(8)7-12;1-2-3/h5H,3-4,6-7,13H2,1-2H3,(H,15,16);2H2,1H3. The third-order valence-electron chi connectivity index (χ3n) is 3.19. The number of carboxylic acids is 1. The number of halogens is 1. The molecule has 0 amide bonds. The summed E-state index contributed by atoms with van der Waals surface area (Å²) in [5.74, 6) is -0.138. The zero-order valence-electron chi connectivity index (χ0n) is 11.9. The van der Waals surface area contributed by atoms with E-state index in [-0.39, 0.29) is 5.41 Å². The second kappa shape index (κ2) is 6.44. The van der Waals surface area contributed by atoms with Gasteiger partial charge >= 0.3 is 5.97 Å². The summed E-state index contributed by atoms with van der Waals surface area (Å²) in [6, 6.07) is 1.81. The molecule has 0 aromatic carbocycles. The van der Waals surface area contributed by atoms with Crippen molar-refractivity contribution in [3.05, 3.63) is 23.0 Å². The molecule has 1 aliphatic carbocycles. The smallest absolute Gasteiger partial charge is 0.352 e. The maximum atomic E-state index is 11.1. The lowest BCUT2D eigenvalue weighted by molar-refractivity contribution is 0.0684. The van der Waals surface area contributed by atoms with Gasteiger partial charge in [-0.3, -0.25) is 0 Å². The van der Waals surface area contributed by atoms with Crippen molar-refractivity contribution in [2.45, 2.75) is 40.2 Å².